The van der Waals surface area contributed by atoms with Crippen molar-refractivity contribution >= 4 is 45.0 Å². The quantitative estimate of drug-likeness (QED) is 0.721. The predicted molar refractivity (Wildman–Crippen MR) is 74.4 cm³/mol. The minimum absolute atomic E-state index is 0.442. The molecule has 2 nitrogen and oxygen atoms in total. The van der Waals surface area contributed by atoms with Crippen molar-refractivity contribution in [2.75, 3.05) is 13.2 Å². The molecule has 0 bridgehead atoms. The highest BCUT2D eigenvalue weighted by atomic mass is 32.2. The first-order valence-electron chi connectivity index (χ1n) is 4.93. The summed E-state index contributed by atoms with van der Waals surface area (Å²) in [4.78, 5) is 0. The van der Waals surface area contributed by atoms with Gasteiger partial charge in [0.05, 0.1) is 13.2 Å². The predicted octanol–water partition coefficient (Wildman–Crippen LogP) is 3.63. The van der Waals surface area contributed by atoms with E-state index in [1.54, 1.807) is 0 Å². The molecule has 0 rings (SSSR count). The fourth-order valence-electron chi connectivity index (χ4n) is 0.596. The fraction of sp³-hybridized carbons (Fsp3) is 0.800. The minimum Gasteiger partial charge on any atom is -0.478 e. The molecule has 0 saturated carbocycles. The van der Waals surface area contributed by atoms with E-state index >= 15 is 0 Å². The molecule has 0 aliphatic heterocycles. The van der Waals surface area contributed by atoms with E-state index in [9.17, 15) is 0 Å². The largest absolute Gasteiger partial charge is 0.478 e. The number of hydrogen-bond acceptors (Lipinski definition) is 5. The Labute approximate surface area is 107 Å². The third kappa shape index (κ3) is 10.4. The van der Waals surface area contributed by atoms with E-state index in [0.717, 1.165) is 0 Å². The molecule has 5 heteroatoms. The molecule has 0 aliphatic carbocycles. The molecule has 88 valence electrons. The maximum Gasteiger partial charge on any atom is 0.228 e. The lowest BCUT2D eigenvalue weighted by Crippen LogP contribution is -2.10. The van der Waals surface area contributed by atoms with Gasteiger partial charge >= 0.3 is 0 Å². The highest BCUT2D eigenvalue weighted by Gasteiger charge is 2.07. The summed E-state index contributed by atoms with van der Waals surface area (Å²) in [6.07, 6.45) is 0. The van der Waals surface area contributed by atoms with Gasteiger partial charge < -0.3 is 9.47 Å². The number of ether oxygens (including phenoxy) is 2. The van der Waals surface area contributed by atoms with Crippen LogP contribution in [0.15, 0.2) is 0 Å². The molecule has 0 heterocycles. The topological polar surface area (TPSA) is 18.5 Å². The van der Waals surface area contributed by atoms with Gasteiger partial charge in [-0.15, -0.1) is 0 Å². The molecule has 0 amide bonds. The monoisotopic (exact) mass is 266 g/mol. The van der Waals surface area contributed by atoms with Crippen LogP contribution in [0.1, 0.15) is 27.7 Å². The molecule has 0 aliphatic rings. The van der Waals surface area contributed by atoms with Crippen molar-refractivity contribution in [1.82, 2.24) is 0 Å². The van der Waals surface area contributed by atoms with Gasteiger partial charge in [0.25, 0.3) is 0 Å². The molecule has 0 radical (unpaired) electrons. The van der Waals surface area contributed by atoms with Crippen molar-refractivity contribution in [1.29, 1.82) is 0 Å². The Bertz CT molecular complexity index is 193. The van der Waals surface area contributed by atoms with Crippen molar-refractivity contribution in [3.05, 3.63) is 0 Å². The second kappa shape index (κ2) is 8.30. The average molecular weight is 266 g/mol. The molecule has 0 unspecified atom stereocenters. The van der Waals surface area contributed by atoms with E-state index in [-0.39, 0.29) is 0 Å². The van der Waals surface area contributed by atoms with Gasteiger partial charge in [0.2, 0.25) is 8.77 Å². The molecule has 15 heavy (non-hydrogen) atoms. The van der Waals surface area contributed by atoms with Crippen molar-refractivity contribution in [2.45, 2.75) is 27.7 Å². The van der Waals surface area contributed by atoms with Crippen LogP contribution in [0.25, 0.3) is 0 Å². The first kappa shape index (κ1) is 15.1. The van der Waals surface area contributed by atoms with Crippen LogP contribution < -0.4 is 0 Å². The Morgan fingerprint density at radius 3 is 1.53 bits per heavy atom. The highest BCUT2D eigenvalue weighted by molar-refractivity contribution is 8.37. The SMILES string of the molecule is CC(C)COC(=S)SC(=S)OCC(C)C. The van der Waals surface area contributed by atoms with Gasteiger partial charge in [-0.3, -0.25) is 0 Å². The van der Waals surface area contributed by atoms with Gasteiger partial charge in [0, 0.05) is 11.8 Å². The van der Waals surface area contributed by atoms with Crippen LogP contribution in [0.2, 0.25) is 0 Å². The molecule has 0 atom stereocenters. The van der Waals surface area contributed by atoms with Crippen LogP contribution in [0, 0.1) is 11.8 Å². The molecular formula is C10H18O2S3. The van der Waals surface area contributed by atoms with Gasteiger partial charge in [0.1, 0.15) is 0 Å². The number of rotatable bonds is 4. The van der Waals surface area contributed by atoms with Crippen LogP contribution >= 0.6 is 36.2 Å². The van der Waals surface area contributed by atoms with Gasteiger partial charge in [-0.05, 0) is 36.3 Å². The van der Waals surface area contributed by atoms with Crippen molar-refractivity contribution in [3.8, 4) is 0 Å². The van der Waals surface area contributed by atoms with Crippen LogP contribution in [0.4, 0.5) is 0 Å². The molecule has 0 aromatic carbocycles. The molecule has 0 spiro atoms. The lowest BCUT2D eigenvalue weighted by atomic mass is 10.2. The van der Waals surface area contributed by atoms with E-state index in [0.29, 0.717) is 33.8 Å². The van der Waals surface area contributed by atoms with Crippen molar-refractivity contribution < 1.29 is 9.47 Å². The number of thiocarbonyl (C=S) groups is 2. The molecule has 0 saturated heterocycles. The Morgan fingerprint density at radius 1 is 0.933 bits per heavy atom. The second-order valence-corrected chi connectivity index (χ2v) is 6.22. The van der Waals surface area contributed by atoms with E-state index in [1.165, 1.54) is 11.8 Å². The van der Waals surface area contributed by atoms with E-state index < -0.39 is 0 Å². The summed E-state index contributed by atoms with van der Waals surface area (Å²) in [6, 6.07) is 0. The zero-order chi connectivity index (χ0) is 11.8. The Balaban J connectivity index is 3.63. The maximum atomic E-state index is 5.31. The highest BCUT2D eigenvalue weighted by Crippen LogP contribution is 2.12. The average Bonchev–Trinajstić information content (AvgIpc) is 2.11. The van der Waals surface area contributed by atoms with Crippen molar-refractivity contribution in [3.63, 3.8) is 0 Å². The summed E-state index contributed by atoms with van der Waals surface area (Å²) in [5, 5.41) is 0. The van der Waals surface area contributed by atoms with Crippen LogP contribution in [-0.2, 0) is 9.47 Å². The van der Waals surface area contributed by atoms with Crippen LogP contribution in [0.3, 0.4) is 0 Å². The van der Waals surface area contributed by atoms with Crippen LogP contribution in [0.5, 0.6) is 0 Å². The Morgan fingerprint density at radius 2 is 1.27 bits per heavy atom. The van der Waals surface area contributed by atoms with E-state index in [1.807, 2.05) is 0 Å². The lowest BCUT2D eigenvalue weighted by molar-refractivity contribution is 0.269. The zero-order valence-corrected chi connectivity index (χ0v) is 12.1. The number of hydrogen-bond donors (Lipinski definition) is 0. The normalized spacial score (nSPS) is 10.5. The second-order valence-electron chi connectivity index (χ2n) is 4.01. The number of thioether (sulfide) groups is 1. The minimum atomic E-state index is 0.442. The lowest BCUT2D eigenvalue weighted by Gasteiger charge is -2.11. The Kier molecular flexibility index (Phi) is 8.37. The summed E-state index contributed by atoms with van der Waals surface area (Å²) in [5.41, 5.74) is 0. The van der Waals surface area contributed by atoms with Gasteiger partial charge in [-0.25, -0.2) is 0 Å². The molecule has 0 aromatic heterocycles. The van der Waals surface area contributed by atoms with Gasteiger partial charge in [-0.2, -0.15) is 0 Å². The Hall–Kier alpha value is 0.130. The third-order valence-electron chi connectivity index (χ3n) is 1.24. The molecular weight excluding hydrogens is 248 g/mol. The smallest absolute Gasteiger partial charge is 0.228 e. The molecule has 0 aromatic rings. The third-order valence-corrected chi connectivity index (χ3v) is 2.54. The van der Waals surface area contributed by atoms with Crippen LogP contribution in [-0.4, -0.2) is 22.0 Å². The first-order chi connectivity index (χ1) is 6.91. The summed E-state index contributed by atoms with van der Waals surface area (Å²) in [6.45, 7) is 9.53. The molecule has 0 N–H and O–H groups in total. The van der Waals surface area contributed by atoms with E-state index in [2.05, 4.69) is 27.7 Å². The van der Waals surface area contributed by atoms with Crippen molar-refractivity contribution in [2.24, 2.45) is 11.8 Å². The summed E-state index contributed by atoms with van der Waals surface area (Å²) in [7, 11) is 0. The summed E-state index contributed by atoms with van der Waals surface area (Å²) < 4.78 is 11.5. The fourth-order valence-corrected chi connectivity index (χ4v) is 1.73. The zero-order valence-electron chi connectivity index (χ0n) is 9.61. The van der Waals surface area contributed by atoms with Gasteiger partial charge in [0.15, 0.2) is 0 Å². The van der Waals surface area contributed by atoms with E-state index in [4.69, 9.17) is 33.9 Å². The standard InChI is InChI=1S/C10H18O2S3/c1-7(2)5-11-9(13)15-10(14)12-6-8(3)4/h7-8H,5-6H2,1-4H3. The maximum absolute atomic E-state index is 5.31. The first-order valence-corrected chi connectivity index (χ1v) is 6.56. The van der Waals surface area contributed by atoms with Gasteiger partial charge in [-0.1, -0.05) is 27.7 Å². The molecule has 0 fully saturated rings. The summed E-state index contributed by atoms with van der Waals surface area (Å²) in [5.74, 6) is 0.933. The summed E-state index contributed by atoms with van der Waals surface area (Å²) >= 11 is 11.2.